The second-order valence-corrected chi connectivity index (χ2v) is 7.78. The summed E-state index contributed by atoms with van der Waals surface area (Å²) >= 11 is 6.23. The first kappa shape index (κ1) is 20.7. The summed E-state index contributed by atoms with van der Waals surface area (Å²) in [5, 5.41) is 0.523. The van der Waals surface area contributed by atoms with Gasteiger partial charge >= 0.3 is 11.9 Å². The van der Waals surface area contributed by atoms with Crippen molar-refractivity contribution in [3.05, 3.63) is 46.1 Å². The number of methoxy groups -OCH3 is 1. The van der Waals surface area contributed by atoms with E-state index in [1.807, 2.05) is 31.7 Å². The van der Waals surface area contributed by atoms with E-state index in [0.717, 1.165) is 11.3 Å². The second kappa shape index (κ2) is 7.76. The molecule has 152 valence electrons. The minimum Gasteiger partial charge on any atom is -0.466 e. The van der Waals surface area contributed by atoms with Crippen molar-refractivity contribution in [2.75, 3.05) is 20.3 Å². The van der Waals surface area contributed by atoms with Crippen LogP contribution in [0.3, 0.4) is 0 Å². The minimum absolute atomic E-state index is 0.103. The minimum atomic E-state index is -0.944. The van der Waals surface area contributed by atoms with Gasteiger partial charge in [0.2, 0.25) is 0 Å². The van der Waals surface area contributed by atoms with E-state index in [4.69, 9.17) is 25.8 Å². The van der Waals surface area contributed by atoms with Gasteiger partial charge in [0.15, 0.2) is 5.72 Å². The third-order valence-electron chi connectivity index (χ3n) is 5.59. The van der Waals surface area contributed by atoms with Crippen LogP contribution in [-0.4, -0.2) is 48.9 Å². The number of carbonyl (C=O) groups is 2. The lowest BCUT2D eigenvalue weighted by Crippen LogP contribution is -2.57. The molecule has 0 aromatic heterocycles. The molecule has 2 aliphatic rings. The molecule has 0 radical (unpaired) electrons. The van der Waals surface area contributed by atoms with Gasteiger partial charge < -0.3 is 19.1 Å². The molecule has 7 heteroatoms. The van der Waals surface area contributed by atoms with E-state index in [0.29, 0.717) is 17.1 Å². The van der Waals surface area contributed by atoms with E-state index in [9.17, 15) is 9.59 Å². The number of ether oxygens (including phenoxy) is 3. The van der Waals surface area contributed by atoms with Gasteiger partial charge in [-0.3, -0.25) is 4.79 Å². The zero-order valence-electron chi connectivity index (χ0n) is 16.8. The fourth-order valence-corrected chi connectivity index (χ4v) is 4.73. The monoisotopic (exact) mass is 407 g/mol. The maximum atomic E-state index is 13.1. The van der Waals surface area contributed by atoms with Crippen LogP contribution < -0.4 is 0 Å². The zero-order chi connectivity index (χ0) is 20.6. The first-order valence-corrected chi connectivity index (χ1v) is 9.79. The van der Waals surface area contributed by atoms with Crippen LogP contribution in [0.4, 0.5) is 0 Å². The van der Waals surface area contributed by atoms with Gasteiger partial charge in [-0.25, -0.2) is 4.79 Å². The summed E-state index contributed by atoms with van der Waals surface area (Å²) < 4.78 is 16.8. The fraction of sp³-hybridized carbons (Fsp3) is 0.524. The fourth-order valence-electron chi connectivity index (χ4n) is 4.53. The molecule has 0 spiro atoms. The third kappa shape index (κ3) is 3.29. The molecule has 28 heavy (non-hydrogen) atoms. The SMILES string of the molecule is CCOC(=O)[C@H]1[C@H](c2cccc(Cl)c2)C(C(=O)OC)=C(C)N2C[C@H](C)O[C@@]12C. The summed E-state index contributed by atoms with van der Waals surface area (Å²) in [4.78, 5) is 27.9. The maximum Gasteiger partial charge on any atom is 0.336 e. The molecule has 0 amide bonds. The molecule has 0 saturated carbocycles. The molecule has 1 saturated heterocycles. The zero-order valence-corrected chi connectivity index (χ0v) is 17.6. The Kier molecular flexibility index (Phi) is 5.73. The van der Waals surface area contributed by atoms with Crippen molar-refractivity contribution in [1.82, 2.24) is 4.90 Å². The van der Waals surface area contributed by atoms with Crippen LogP contribution in [0.25, 0.3) is 0 Å². The van der Waals surface area contributed by atoms with E-state index in [-0.39, 0.29) is 12.7 Å². The molecule has 0 N–H and O–H groups in total. The number of hydrogen-bond donors (Lipinski definition) is 0. The van der Waals surface area contributed by atoms with Gasteiger partial charge in [-0.1, -0.05) is 23.7 Å². The van der Waals surface area contributed by atoms with Crippen molar-refractivity contribution in [2.45, 2.75) is 45.4 Å². The quantitative estimate of drug-likeness (QED) is 0.712. The largest absolute Gasteiger partial charge is 0.466 e. The molecule has 1 aromatic carbocycles. The highest BCUT2D eigenvalue weighted by Crippen LogP contribution is 2.52. The Morgan fingerprint density at radius 3 is 2.71 bits per heavy atom. The van der Waals surface area contributed by atoms with Gasteiger partial charge in [-0.05, 0) is 45.4 Å². The molecule has 6 nitrogen and oxygen atoms in total. The van der Waals surface area contributed by atoms with Gasteiger partial charge in [-0.2, -0.15) is 0 Å². The summed E-state index contributed by atoms with van der Waals surface area (Å²) in [6.45, 7) is 8.26. The Hall–Kier alpha value is -2.05. The molecule has 0 aliphatic carbocycles. The lowest BCUT2D eigenvalue weighted by molar-refractivity contribution is -0.177. The Morgan fingerprint density at radius 1 is 1.39 bits per heavy atom. The third-order valence-corrected chi connectivity index (χ3v) is 5.82. The molecular weight excluding hydrogens is 382 g/mol. The highest BCUT2D eigenvalue weighted by Gasteiger charge is 2.59. The predicted octanol–water partition coefficient (Wildman–Crippen LogP) is 3.50. The molecule has 0 unspecified atom stereocenters. The summed E-state index contributed by atoms with van der Waals surface area (Å²) in [7, 11) is 1.34. The topological polar surface area (TPSA) is 65.1 Å². The highest BCUT2D eigenvalue weighted by molar-refractivity contribution is 6.30. The molecular formula is C21H26ClNO5. The lowest BCUT2D eigenvalue weighted by atomic mass is 9.71. The van der Waals surface area contributed by atoms with Gasteiger partial charge in [0.25, 0.3) is 0 Å². The van der Waals surface area contributed by atoms with Crippen molar-refractivity contribution < 1.29 is 23.8 Å². The van der Waals surface area contributed by atoms with Gasteiger partial charge in [0, 0.05) is 23.2 Å². The lowest BCUT2D eigenvalue weighted by Gasteiger charge is -2.48. The Balaban J connectivity index is 2.28. The van der Waals surface area contributed by atoms with Crippen molar-refractivity contribution in [3.63, 3.8) is 0 Å². The summed E-state index contributed by atoms with van der Waals surface area (Å²) in [6, 6.07) is 7.18. The number of benzene rings is 1. The van der Waals surface area contributed by atoms with Crippen LogP contribution >= 0.6 is 11.6 Å². The first-order valence-electron chi connectivity index (χ1n) is 9.41. The number of carbonyl (C=O) groups excluding carboxylic acids is 2. The van der Waals surface area contributed by atoms with E-state index >= 15 is 0 Å². The number of fused-ring (bicyclic) bond motifs is 1. The average Bonchev–Trinajstić information content (AvgIpc) is 2.96. The Bertz CT molecular complexity index is 823. The van der Waals surface area contributed by atoms with Crippen LogP contribution in [0.15, 0.2) is 35.5 Å². The number of hydrogen-bond acceptors (Lipinski definition) is 6. The molecule has 1 fully saturated rings. The number of rotatable bonds is 4. The molecule has 2 heterocycles. The number of nitrogens with zero attached hydrogens (tertiary/aromatic N) is 1. The molecule has 1 aromatic rings. The second-order valence-electron chi connectivity index (χ2n) is 7.35. The first-order chi connectivity index (χ1) is 13.2. The van der Waals surface area contributed by atoms with E-state index < -0.39 is 29.5 Å². The van der Waals surface area contributed by atoms with Crippen LogP contribution in [-0.2, 0) is 23.8 Å². The average molecular weight is 408 g/mol. The van der Waals surface area contributed by atoms with Crippen LogP contribution in [0.1, 0.15) is 39.2 Å². The number of halogens is 1. The Morgan fingerprint density at radius 2 is 2.11 bits per heavy atom. The van der Waals surface area contributed by atoms with Gasteiger partial charge in [0.1, 0.15) is 5.92 Å². The van der Waals surface area contributed by atoms with Crippen molar-refractivity contribution >= 4 is 23.5 Å². The molecule has 3 rings (SSSR count). The van der Waals surface area contributed by atoms with E-state index in [2.05, 4.69) is 0 Å². The van der Waals surface area contributed by atoms with Crippen LogP contribution in [0, 0.1) is 5.92 Å². The summed E-state index contributed by atoms with van der Waals surface area (Å²) in [5.41, 5.74) is 0.969. The van der Waals surface area contributed by atoms with Crippen molar-refractivity contribution in [2.24, 2.45) is 5.92 Å². The molecule has 0 bridgehead atoms. The Labute approximate surface area is 170 Å². The number of esters is 2. The normalized spacial score (nSPS) is 29.5. The summed E-state index contributed by atoms with van der Waals surface area (Å²) in [6.07, 6.45) is -0.103. The van der Waals surface area contributed by atoms with Gasteiger partial charge in [0.05, 0.1) is 25.4 Å². The van der Waals surface area contributed by atoms with Crippen molar-refractivity contribution in [1.29, 1.82) is 0 Å². The van der Waals surface area contributed by atoms with Crippen LogP contribution in [0.2, 0.25) is 5.02 Å². The van der Waals surface area contributed by atoms with Gasteiger partial charge in [-0.15, -0.1) is 0 Å². The number of allylic oxidation sites excluding steroid dienone is 1. The molecule has 2 aliphatic heterocycles. The van der Waals surface area contributed by atoms with Crippen LogP contribution in [0.5, 0.6) is 0 Å². The van der Waals surface area contributed by atoms with E-state index in [1.165, 1.54) is 7.11 Å². The summed E-state index contributed by atoms with van der Waals surface area (Å²) in [5.74, 6) is -2.24. The highest BCUT2D eigenvalue weighted by atomic mass is 35.5. The standard InChI is InChI=1S/C21H26ClNO5/c1-6-27-20(25)18-17(14-8-7-9-15(22)10-14)16(19(24)26-5)13(3)23-11-12(2)28-21(18,23)4/h7-10,12,17-18H,6,11H2,1-5H3/t12-,17+,18+,21-/m0/s1. The predicted molar refractivity (Wildman–Crippen MR) is 105 cm³/mol. The van der Waals surface area contributed by atoms with E-state index in [1.54, 1.807) is 25.1 Å². The smallest absolute Gasteiger partial charge is 0.336 e. The van der Waals surface area contributed by atoms with Crippen molar-refractivity contribution in [3.8, 4) is 0 Å². The molecule has 4 atom stereocenters. The maximum absolute atomic E-state index is 13.1.